The Morgan fingerprint density at radius 1 is 1.17 bits per heavy atom. The summed E-state index contributed by atoms with van der Waals surface area (Å²) in [6.45, 7) is 6.96. The van der Waals surface area contributed by atoms with Crippen LogP contribution in [0.1, 0.15) is 29.8 Å². The number of piperidine rings is 1. The molecule has 0 bridgehead atoms. The van der Waals surface area contributed by atoms with Crippen molar-refractivity contribution in [3.8, 4) is 0 Å². The third-order valence-corrected chi connectivity index (χ3v) is 5.57. The lowest BCUT2D eigenvalue weighted by Crippen LogP contribution is -2.51. The number of guanidine groups is 1. The third kappa shape index (κ3) is 5.24. The van der Waals surface area contributed by atoms with E-state index in [9.17, 15) is 0 Å². The first-order valence-corrected chi connectivity index (χ1v) is 10.3. The van der Waals surface area contributed by atoms with Crippen molar-refractivity contribution in [2.45, 2.75) is 39.3 Å². The second kappa shape index (κ2) is 10.1. The van der Waals surface area contributed by atoms with Gasteiger partial charge in [-0.1, -0.05) is 23.8 Å². The number of anilines is 1. The standard InChI is InChI=1S/C23H30N6.HI/c1-17-9-11-21(12-10-17)28-13-5-7-19(15-28)27-23(24-3)25-14-20-16-29-18(2)6-4-8-22(29)26-20;/h4,6,8-12,16,19H,5,7,13-15H2,1-3H3,(H2,24,25,27);1H. The Labute approximate surface area is 195 Å². The molecule has 160 valence electrons. The highest BCUT2D eigenvalue weighted by Gasteiger charge is 2.21. The highest BCUT2D eigenvalue weighted by molar-refractivity contribution is 14.0. The van der Waals surface area contributed by atoms with Gasteiger partial charge in [0.25, 0.3) is 0 Å². The number of hydrogen-bond donors (Lipinski definition) is 2. The summed E-state index contributed by atoms with van der Waals surface area (Å²) in [5, 5.41) is 7.01. The maximum Gasteiger partial charge on any atom is 0.191 e. The van der Waals surface area contributed by atoms with Crippen LogP contribution in [0, 0.1) is 13.8 Å². The quantitative estimate of drug-likeness (QED) is 0.313. The van der Waals surface area contributed by atoms with E-state index < -0.39 is 0 Å². The number of fused-ring (bicyclic) bond motifs is 1. The molecule has 1 aliphatic rings. The molecular formula is C23H31IN6. The summed E-state index contributed by atoms with van der Waals surface area (Å²) >= 11 is 0. The summed E-state index contributed by atoms with van der Waals surface area (Å²) in [5.74, 6) is 0.828. The molecule has 4 rings (SSSR count). The second-order valence-electron chi connectivity index (χ2n) is 7.82. The summed E-state index contributed by atoms with van der Waals surface area (Å²) in [6, 6.07) is 15.3. The van der Waals surface area contributed by atoms with E-state index in [1.54, 1.807) is 0 Å². The number of aromatic nitrogens is 2. The van der Waals surface area contributed by atoms with Crippen LogP contribution in [-0.4, -0.2) is 41.5 Å². The lowest BCUT2D eigenvalue weighted by atomic mass is 10.0. The van der Waals surface area contributed by atoms with Crippen molar-refractivity contribution in [2.24, 2.45) is 4.99 Å². The number of halogens is 1. The molecule has 1 unspecified atom stereocenters. The molecule has 3 heterocycles. The first-order chi connectivity index (χ1) is 14.1. The smallest absolute Gasteiger partial charge is 0.191 e. The fourth-order valence-electron chi connectivity index (χ4n) is 3.93. The molecule has 6 nitrogen and oxygen atoms in total. The second-order valence-corrected chi connectivity index (χ2v) is 7.82. The van der Waals surface area contributed by atoms with Gasteiger partial charge in [-0.3, -0.25) is 4.99 Å². The fourth-order valence-corrected chi connectivity index (χ4v) is 3.93. The molecule has 1 atom stereocenters. The topological polar surface area (TPSA) is 57.0 Å². The number of hydrogen-bond acceptors (Lipinski definition) is 3. The molecule has 0 saturated carbocycles. The summed E-state index contributed by atoms with van der Waals surface area (Å²) in [4.78, 5) is 11.6. The number of rotatable bonds is 4. The van der Waals surface area contributed by atoms with Crippen molar-refractivity contribution < 1.29 is 0 Å². The van der Waals surface area contributed by atoms with Crippen molar-refractivity contribution in [2.75, 3.05) is 25.0 Å². The van der Waals surface area contributed by atoms with Crippen molar-refractivity contribution in [1.29, 1.82) is 0 Å². The molecule has 2 aromatic heterocycles. The van der Waals surface area contributed by atoms with Gasteiger partial charge in [0.15, 0.2) is 5.96 Å². The van der Waals surface area contributed by atoms with Gasteiger partial charge in [0.2, 0.25) is 0 Å². The largest absolute Gasteiger partial charge is 0.369 e. The Kier molecular flexibility index (Phi) is 7.58. The molecule has 1 fully saturated rings. The van der Waals surface area contributed by atoms with Gasteiger partial charge >= 0.3 is 0 Å². The first-order valence-electron chi connectivity index (χ1n) is 10.3. The van der Waals surface area contributed by atoms with E-state index >= 15 is 0 Å². The van der Waals surface area contributed by atoms with Gasteiger partial charge in [-0.25, -0.2) is 4.98 Å². The van der Waals surface area contributed by atoms with Gasteiger partial charge in [0.05, 0.1) is 12.2 Å². The number of nitrogens with zero attached hydrogens (tertiary/aromatic N) is 4. The maximum atomic E-state index is 4.69. The summed E-state index contributed by atoms with van der Waals surface area (Å²) in [6.07, 6.45) is 4.41. The zero-order valence-electron chi connectivity index (χ0n) is 17.9. The van der Waals surface area contributed by atoms with E-state index in [4.69, 9.17) is 4.98 Å². The van der Waals surface area contributed by atoms with Crippen molar-refractivity contribution in [3.05, 3.63) is 65.6 Å². The van der Waals surface area contributed by atoms with Gasteiger partial charge in [0.1, 0.15) is 5.65 Å². The number of aliphatic imine (C=N–C) groups is 1. The van der Waals surface area contributed by atoms with Crippen LogP contribution in [0.2, 0.25) is 0 Å². The van der Waals surface area contributed by atoms with Crippen molar-refractivity contribution in [1.82, 2.24) is 20.0 Å². The van der Waals surface area contributed by atoms with Crippen molar-refractivity contribution >= 4 is 41.3 Å². The van der Waals surface area contributed by atoms with Crippen LogP contribution in [0.3, 0.4) is 0 Å². The summed E-state index contributed by atoms with van der Waals surface area (Å²) in [5.41, 5.74) is 5.76. The predicted octanol–water partition coefficient (Wildman–Crippen LogP) is 3.90. The first kappa shape index (κ1) is 22.4. The molecule has 30 heavy (non-hydrogen) atoms. The van der Waals surface area contributed by atoms with E-state index in [1.165, 1.54) is 23.4 Å². The predicted molar refractivity (Wildman–Crippen MR) is 135 cm³/mol. The maximum absolute atomic E-state index is 4.69. The highest BCUT2D eigenvalue weighted by Crippen LogP contribution is 2.20. The molecule has 0 aliphatic carbocycles. The van der Waals surface area contributed by atoms with E-state index in [1.807, 2.05) is 19.2 Å². The number of pyridine rings is 1. The van der Waals surface area contributed by atoms with Gasteiger partial charge in [-0.2, -0.15) is 0 Å². The Morgan fingerprint density at radius 3 is 2.70 bits per heavy atom. The number of imidazole rings is 1. The number of nitrogens with one attached hydrogen (secondary N) is 2. The molecule has 1 aliphatic heterocycles. The average molecular weight is 518 g/mol. The molecule has 2 N–H and O–H groups in total. The molecule has 1 saturated heterocycles. The molecule has 7 heteroatoms. The van der Waals surface area contributed by atoms with E-state index in [2.05, 4.69) is 75.3 Å². The average Bonchev–Trinajstić information content (AvgIpc) is 3.16. The van der Waals surface area contributed by atoms with Crippen LogP contribution in [0.5, 0.6) is 0 Å². The van der Waals surface area contributed by atoms with Crippen LogP contribution in [0.15, 0.2) is 53.7 Å². The van der Waals surface area contributed by atoms with Crippen LogP contribution in [-0.2, 0) is 6.54 Å². The number of benzene rings is 1. The molecule has 1 aromatic carbocycles. The highest BCUT2D eigenvalue weighted by atomic mass is 127. The lowest BCUT2D eigenvalue weighted by Gasteiger charge is -2.35. The minimum atomic E-state index is 0. The van der Waals surface area contributed by atoms with Crippen LogP contribution >= 0.6 is 24.0 Å². The van der Waals surface area contributed by atoms with Gasteiger partial charge in [0, 0.05) is 43.8 Å². The number of aryl methyl sites for hydroxylation is 2. The molecule has 0 radical (unpaired) electrons. The minimum Gasteiger partial charge on any atom is -0.369 e. The Morgan fingerprint density at radius 2 is 1.97 bits per heavy atom. The molecule has 0 amide bonds. The van der Waals surface area contributed by atoms with E-state index in [0.29, 0.717) is 12.6 Å². The monoisotopic (exact) mass is 518 g/mol. The van der Waals surface area contributed by atoms with Gasteiger partial charge < -0.3 is 19.9 Å². The normalized spacial score (nSPS) is 17.0. The minimum absolute atomic E-state index is 0. The van der Waals surface area contributed by atoms with Crippen LogP contribution < -0.4 is 15.5 Å². The van der Waals surface area contributed by atoms with Crippen molar-refractivity contribution in [3.63, 3.8) is 0 Å². The fraction of sp³-hybridized carbons (Fsp3) is 0.391. The zero-order valence-corrected chi connectivity index (χ0v) is 20.3. The third-order valence-electron chi connectivity index (χ3n) is 5.57. The van der Waals surface area contributed by atoms with Crippen LogP contribution in [0.4, 0.5) is 5.69 Å². The van der Waals surface area contributed by atoms with Gasteiger partial charge in [-0.15, -0.1) is 24.0 Å². The van der Waals surface area contributed by atoms with E-state index in [-0.39, 0.29) is 24.0 Å². The Hall–Kier alpha value is -2.29. The van der Waals surface area contributed by atoms with Crippen LogP contribution in [0.25, 0.3) is 5.65 Å². The Bertz CT molecular complexity index is 995. The SMILES string of the molecule is CN=C(NCc1cn2c(C)cccc2n1)NC1CCCN(c2ccc(C)cc2)C1.I. The lowest BCUT2D eigenvalue weighted by molar-refractivity contribution is 0.468. The molecular weight excluding hydrogens is 487 g/mol. The van der Waals surface area contributed by atoms with E-state index in [0.717, 1.165) is 36.8 Å². The molecule has 0 spiro atoms. The zero-order chi connectivity index (χ0) is 20.2. The summed E-state index contributed by atoms with van der Waals surface area (Å²) in [7, 11) is 1.82. The summed E-state index contributed by atoms with van der Waals surface area (Å²) < 4.78 is 2.12. The molecule has 3 aromatic rings. The Balaban J connectivity index is 0.00000256. The van der Waals surface area contributed by atoms with Gasteiger partial charge in [-0.05, 0) is 51.0 Å².